The van der Waals surface area contributed by atoms with Gasteiger partial charge < -0.3 is 24.1 Å². The van der Waals surface area contributed by atoms with E-state index in [4.69, 9.17) is 18.9 Å². The van der Waals surface area contributed by atoms with E-state index in [0.29, 0.717) is 19.8 Å². The van der Waals surface area contributed by atoms with E-state index in [0.717, 1.165) is 0 Å². The number of aliphatic hydroxyl groups is 1. The molecule has 1 saturated heterocycles. The molecule has 0 spiro atoms. The maximum atomic E-state index is 10.4. The first-order valence-corrected chi connectivity index (χ1v) is 6.32. The monoisotopic (exact) mass is 260 g/mol. The molecule has 5 nitrogen and oxygen atoms in total. The Morgan fingerprint density at radius 1 is 1.44 bits per heavy atom. The molecular formula is C13H24O5. The van der Waals surface area contributed by atoms with Crippen molar-refractivity contribution >= 4 is 0 Å². The van der Waals surface area contributed by atoms with Gasteiger partial charge in [-0.05, 0) is 33.8 Å². The Morgan fingerprint density at radius 3 is 2.33 bits per heavy atom. The maximum absolute atomic E-state index is 10.4. The lowest BCUT2D eigenvalue weighted by atomic mass is 10.0. The van der Waals surface area contributed by atoms with E-state index in [2.05, 4.69) is 6.58 Å². The van der Waals surface area contributed by atoms with Crippen LogP contribution in [0.1, 0.15) is 27.7 Å². The molecule has 1 rings (SSSR count). The second-order valence-electron chi connectivity index (χ2n) is 4.60. The zero-order valence-corrected chi connectivity index (χ0v) is 11.6. The second kappa shape index (κ2) is 6.12. The lowest BCUT2D eigenvalue weighted by Gasteiger charge is -2.36. The van der Waals surface area contributed by atoms with Crippen molar-refractivity contribution in [3.8, 4) is 0 Å². The van der Waals surface area contributed by atoms with E-state index in [1.165, 1.54) is 6.08 Å². The molecule has 0 amide bonds. The summed E-state index contributed by atoms with van der Waals surface area (Å²) in [7, 11) is 0. The van der Waals surface area contributed by atoms with Crippen LogP contribution in [-0.4, -0.2) is 48.7 Å². The van der Waals surface area contributed by atoms with Crippen LogP contribution < -0.4 is 0 Å². The third kappa shape index (κ3) is 3.30. The highest BCUT2D eigenvalue weighted by molar-refractivity contribution is 5.00. The van der Waals surface area contributed by atoms with Crippen molar-refractivity contribution in [2.24, 2.45) is 0 Å². The number of hydrogen-bond donors (Lipinski definition) is 1. The molecule has 2 atom stereocenters. The molecule has 0 bridgehead atoms. The summed E-state index contributed by atoms with van der Waals surface area (Å²) in [5.41, 5.74) is 0. The van der Waals surface area contributed by atoms with E-state index in [9.17, 15) is 5.11 Å². The van der Waals surface area contributed by atoms with Gasteiger partial charge >= 0.3 is 0 Å². The molecule has 1 fully saturated rings. The number of aliphatic hydroxyl groups excluding tert-OH is 1. The van der Waals surface area contributed by atoms with Gasteiger partial charge in [0.15, 0.2) is 5.79 Å². The number of ether oxygens (including phenoxy) is 4. The van der Waals surface area contributed by atoms with Gasteiger partial charge in [-0.1, -0.05) is 6.58 Å². The molecule has 1 N–H and O–H groups in total. The fraction of sp³-hybridized carbons (Fsp3) is 0.846. The minimum atomic E-state index is -1.25. The Balaban J connectivity index is 2.82. The molecule has 0 aromatic rings. The maximum Gasteiger partial charge on any atom is 0.217 e. The molecule has 1 aliphatic rings. The van der Waals surface area contributed by atoms with E-state index < -0.39 is 23.8 Å². The van der Waals surface area contributed by atoms with Gasteiger partial charge in [-0.3, -0.25) is 0 Å². The molecule has 1 aliphatic heterocycles. The first-order chi connectivity index (χ1) is 8.40. The quantitative estimate of drug-likeness (QED) is 0.554. The topological polar surface area (TPSA) is 57.2 Å². The summed E-state index contributed by atoms with van der Waals surface area (Å²) >= 11 is 0. The average Bonchev–Trinajstić information content (AvgIpc) is 2.68. The standard InChI is InChI=1S/C13H24O5/c1-6-13(15-7-2,16-8-3)11(14)10-9-17-12(4,5)18-10/h6,10-11,14H,1,7-9H2,2-5H3/t10-,11?/m1/s1. The van der Waals surface area contributed by atoms with Crippen LogP contribution in [0.4, 0.5) is 0 Å². The highest BCUT2D eigenvalue weighted by Gasteiger charge is 2.47. The van der Waals surface area contributed by atoms with Crippen molar-refractivity contribution in [2.45, 2.75) is 51.5 Å². The van der Waals surface area contributed by atoms with Gasteiger partial charge in [-0.25, -0.2) is 0 Å². The molecule has 18 heavy (non-hydrogen) atoms. The van der Waals surface area contributed by atoms with Gasteiger partial charge in [0.25, 0.3) is 0 Å². The summed E-state index contributed by atoms with van der Waals surface area (Å²) in [6, 6.07) is 0. The summed E-state index contributed by atoms with van der Waals surface area (Å²) in [4.78, 5) is 0. The molecule has 1 unspecified atom stereocenters. The molecule has 0 radical (unpaired) electrons. The molecule has 5 heteroatoms. The van der Waals surface area contributed by atoms with Gasteiger partial charge in [-0.15, -0.1) is 0 Å². The van der Waals surface area contributed by atoms with E-state index >= 15 is 0 Å². The fourth-order valence-corrected chi connectivity index (χ4v) is 2.03. The van der Waals surface area contributed by atoms with Crippen molar-refractivity contribution in [3.05, 3.63) is 12.7 Å². The third-order valence-electron chi connectivity index (χ3n) is 2.82. The van der Waals surface area contributed by atoms with Gasteiger partial charge in [0.2, 0.25) is 5.79 Å². The van der Waals surface area contributed by atoms with Crippen LogP contribution in [0.2, 0.25) is 0 Å². The highest BCUT2D eigenvalue weighted by atomic mass is 16.8. The number of rotatable bonds is 7. The molecule has 106 valence electrons. The van der Waals surface area contributed by atoms with Crippen molar-refractivity contribution in [1.82, 2.24) is 0 Å². The minimum Gasteiger partial charge on any atom is -0.384 e. The van der Waals surface area contributed by atoms with Gasteiger partial charge in [-0.2, -0.15) is 0 Å². The van der Waals surface area contributed by atoms with Crippen molar-refractivity contribution in [3.63, 3.8) is 0 Å². The summed E-state index contributed by atoms with van der Waals surface area (Å²) in [6.07, 6.45) is -0.0212. The zero-order chi connectivity index (χ0) is 13.8. The Labute approximate surface area is 109 Å². The fourth-order valence-electron chi connectivity index (χ4n) is 2.03. The van der Waals surface area contributed by atoms with Gasteiger partial charge in [0.05, 0.1) is 6.61 Å². The van der Waals surface area contributed by atoms with E-state index in [-0.39, 0.29) is 0 Å². The largest absolute Gasteiger partial charge is 0.384 e. The second-order valence-corrected chi connectivity index (χ2v) is 4.60. The SMILES string of the molecule is C=CC(OCC)(OCC)C(O)[C@H]1COC(C)(C)O1. The summed E-state index contributed by atoms with van der Waals surface area (Å²) in [6.45, 7) is 12.1. The first-order valence-electron chi connectivity index (χ1n) is 6.32. The van der Waals surface area contributed by atoms with E-state index in [1.54, 1.807) is 13.8 Å². The average molecular weight is 260 g/mol. The predicted octanol–water partition coefficient (Wildman–Crippen LogP) is 1.45. The van der Waals surface area contributed by atoms with Crippen LogP contribution in [0.15, 0.2) is 12.7 Å². The van der Waals surface area contributed by atoms with Gasteiger partial charge in [0.1, 0.15) is 12.2 Å². The Bertz CT molecular complexity index is 271. The smallest absolute Gasteiger partial charge is 0.217 e. The predicted molar refractivity (Wildman–Crippen MR) is 67.1 cm³/mol. The van der Waals surface area contributed by atoms with Gasteiger partial charge in [0, 0.05) is 13.2 Å². The van der Waals surface area contributed by atoms with Crippen molar-refractivity contribution < 1.29 is 24.1 Å². The van der Waals surface area contributed by atoms with E-state index in [1.807, 2.05) is 13.8 Å². The normalized spacial score (nSPS) is 25.1. The zero-order valence-electron chi connectivity index (χ0n) is 11.6. The molecule has 0 aromatic heterocycles. The molecule has 1 heterocycles. The Kier molecular flexibility index (Phi) is 5.31. The molecule has 0 saturated carbocycles. The highest BCUT2D eigenvalue weighted by Crippen LogP contribution is 2.31. The molecule has 0 aromatic carbocycles. The van der Waals surface area contributed by atoms with Crippen LogP contribution in [0.3, 0.4) is 0 Å². The third-order valence-corrected chi connectivity index (χ3v) is 2.82. The lowest BCUT2D eigenvalue weighted by molar-refractivity contribution is -0.272. The van der Waals surface area contributed by atoms with Crippen LogP contribution in [0.5, 0.6) is 0 Å². The summed E-state index contributed by atoms with van der Waals surface area (Å²) < 4.78 is 22.1. The van der Waals surface area contributed by atoms with Crippen LogP contribution in [-0.2, 0) is 18.9 Å². The van der Waals surface area contributed by atoms with Crippen LogP contribution >= 0.6 is 0 Å². The first kappa shape index (κ1) is 15.6. The van der Waals surface area contributed by atoms with Crippen LogP contribution in [0, 0.1) is 0 Å². The summed E-state index contributed by atoms with van der Waals surface area (Å²) in [5.74, 6) is -1.95. The Hall–Kier alpha value is -0.460. The molecule has 0 aliphatic carbocycles. The Morgan fingerprint density at radius 2 is 2.00 bits per heavy atom. The van der Waals surface area contributed by atoms with Crippen molar-refractivity contribution in [2.75, 3.05) is 19.8 Å². The lowest BCUT2D eigenvalue weighted by Crippen LogP contribution is -2.52. The summed E-state index contributed by atoms with van der Waals surface area (Å²) in [5, 5.41) is 10.4. The van der Waals surface area contributed by atoms with Crippen molar-refractivity contribution in [1.29, 1.82) is 0 Å². The number of hydrogen-bond acceptors (Lipinski definition) is 5. The molecular weight excluding hydrogens is 236 g/mol. The minimum absolute atomic E-state index is 0.296. The van der Waals surface area contributed by atoms with Crippen LogP contribution in [0.25, 0.3) is 0 Å².